The second kappa shape index (κ2) is 29.0. The van der Waals surface area contributed by atoms with Gasteiger partial charge in [-0.2, -0.15) is 8.48 Å². The Morgan fingerprint density at radius 3 is 2.13 bits per heavy atom. The minimum Gasteiger partial charge on any atom is -0.335 e. The Morgan fingerprint density at radius 2 is 1.58 bits per heavy atom. The zero-order chi connectivity index (χ0) is 33.8. The molecule has 2 heterocycles. The van der Waals surface area contributed by atoms with E-state index in [-0.39, 0.29) is 26.4 Å². The van der Waals surface area contributed by atoms with E-state index < -0.39 is 0 Å². The summed E-state index contributed by atoms with van der Waals surface area (Å²) in [4.78, 5) is 33.8. The molecular weight excluding hydrogens is 706 g/mol. The predicted molar refractivity (Wildman–Crippen MR) is 191 cm³/mol. The van der Waals surface area contributed by atoms with Gasteiger partial charge in [0.05, 0.1) is 42.4 Å². The number of carbonyl (C=O) groups excluding carboxylic acids is 2. The van der Waals surface area contributed by atoms with Crippen LogP contribution in [0.3, 0.4) is 0 Å². The number of rotatable bonds is 19. The number of unbranched alkanes of at least 4 members (excludes halogenated alkanes) is 3. The Morgan fingerprint density at radius 1 is 0.956 bits per heavy atom. The van der Waals surface area contributed by atoms with Crippen LogP contribution >= 0.6 is 32.0 Å². The first-order valence-electron chi connectivity index (χ1n) is 16.7. The van der Waals surface area contributed by atoms with Crippen molar-refractivity contribution in [3.05, 3.63) is 35.4 Å². The van der Waals surface area contributed by atoms with Crippen molar-refractivity contribution in [1.29, 1.82) is 5.26 Å². The number of likely N-dealkylation sites (tertiary alicyclic amines) is 1. The summed E-state index contributed by atoms with van der Waals surface area (Å²) in [6.45, 7) is 18.7. The molecule has 2 aliphatic rings. The van der Waals surface area contributed by atoms with E-state index in [1.807, 2.05) is 27.7 Å². The number of fused-ring (bicyclic) bond motifs is 1. The fourth-order valence-corrected chi connectivity index (χ4v) is 5.98. The summed E-state index contributed by atoms with van der Waals surface area (Å²) in [6, 6.07) is 9.12. The summed E-state index contributed by atoms with van der Waals surface area (Å²) in [5.41, 5.74) is 0.759. The van der Waals surface area contributed by atoms with Crippen LogP contribution in [0.2, 0.25) is 0 Å². The Hall–Kier alpha value is -1.23. The summed E-state index contributed by atoms with van der Waals surface area (Å²) in [6.07, 6.45) is 8.00. The molecule has 1 saturated heterocycles. The summed E-state index contributed by atoms with van der Waals surface area (Å²) in [5.74, 6) is -0.346. The fourth-order valence-electron chi connectivity index (χ4n) is 5.11. The second-order valence-electron chi connectivity index (χ2n) is 10.2. The SMILES string of the molecule is CC.CC.CCNCC.N#CCCOPOC1(CCCOOI)CCCN(CCCCCCN2C(=O)c3ccccc3C2=O)C1. The Bertz CT molecular complexity index is 917. The lowest BCUT2D eigenvalue weighted by Crippen LogP contribution is -2.49. The van der Waals surface area contributed by atoms with Crippen LogP contribution in [0.15, 0.2) is 24.3 Å². The Labute approximate surface area is 288 Å². The molecule has 0 radical (unpaired) electrons. The summed E-state index contributed by atoms with van der Waals surface area (Å²) >= 11 is 1.72. The number of piperidine rings is 1. The molecule has 10 nitrogen and oxygen atoms in total. The van der Waals surface area contributed by atoms with Gasteiger partial charge in [-0.3, -0.25) is 14.5 Å². The van der Waals surface area contributed by atoms with Gasteiger partial charge in [-0.15, -0.1) is 0 Å². The molecule has 0 spiro atoms. The first-order chi connectivity index (χ1) is 22.0. The Balaban J connectivity index is 0.00000192. The first kappa shape index (κ1) is 43.8. The van der Waals surface area contributed by atoms with Crippen LogP contribution in [-0.2, 0) is 17.2 Å². The largest absolute Gasteiger partial charge is 0.335 e. The molecule has 0 saturated carbocycles. The number of benzene rings is 1. The minimum atomic E-state index is -0.274. The van der Waals surface area contributed by atoms with Crippen LogP contribution in [0.4, 0.5) is 0 Å². The molecule has 1 aromatic carbocycles. The number of hydrogen-bond donors (Lipinski definition) is 1. The number of nitrogens with one attached hydrogen (secondary N) is 1. The van der Waals surface area contributed by atoms with Gasteiger partial charge in [0.1, 0.15) is 0 Å². The third-order valence-corrected chi connectivity index (χ3v) is 8.23. The molecule has 45 heavy (non-hydrogen) atoms. The van der Waals surface area contributed by atoms with Gasteiger partial charge in [-0.25, -0.2) is 4.89 Å². The molecule has 1 fully saturated rings. The Kier molecular flexibility index (Phi) is 28.2. The zero-order valence-electron chi connectivity index (χ0n) is 28.5. The molecule has 1 N–H and O–H groups in total. The second-order valence-corrected chi connectivity index (χ2v) is 11.2. The van der Waals surface area contributed by atoms with E-state index in [1.165, 1.54) is 4.90 Å². The van der Waals surface area contributed by atoms with Crippen LogP contribution in [-0.4, -0.2) is 79.7 Å². The molecule has 1 aromatic rings. The third-order valence-electron chi connectivity index (χ3n) is 7.14. The normalized spacial score (nSPS) is 17.5. The van der Waals surface area contributed by atoms with Gasteiger partial charge in [0, 0.05) is 13.1 Å². The quantitative estimate of drug-likeness (QED) is 0.0376. The molecule has 2 aliphatic heterocycles. The van der Waals surface area contributed by atoms with Crippen LogP contribution in [0.1, 0.15) is 120 Å². The van der Waals surface area contributed by atoms with E-state index in [0.717, 1.165) is 84.1 Å². The lowest BCUT2D eigenvalue weighted by molar-refractivity contribution is -0.169. The van der Waals surface area contributed by atoms with Crippen molar-refractivity contribution in [2.45, 2.75) is 105 Å². The van der Waals surface area contributed by atoms with Crippen molar-refractivity contribution in [2.75, 3.05) is 52.5 Å². The van der Waals surface area contributed by atoms with Gasteiger partial charge in [-0.05, 0) is 76.8 Å². The third kappa shape index (κ3) is 17.5. The van der Waals surface area contributed by atoms with Gasteiger partial charge in [0.25, 0.3) is 11.8 Å². The number of hydrogen-bond acceptors (Lipinski definition) is 9. The van der Waals surface area contributed by atoms with E-state index in [2.05, 4.69) is 33.4 Å². The maximum Gasteiger partial charge on any atom is 0.261 e. The molecule has 0 aliphatic carbocycles. The maximum atomic E-state index is 12.5. The molecule has 2 atom stereocenters. The van der Waals surface area contributed by atoms with Crippen LogP contribution in [0.25, 0.3) is 0 Å². The van der Waals surface area contributed by atoms with Gasteiger partial charge in [-0.1, -0.05) is 66.5 Å². The molecular formula is C33H58IN4O6P. The van der Waals surface area contributed by atoms with E-state index >= 15 is 0 Å². The number of nitrogens with zero attached hydrogens (tertiary/aromatic N) is 3. The predicted octanol–water partition coefficient (Wildman–Crippen LogP) is 7.88. The van der Waals surface area contributed by atoms with Crippen LogP contribution in [0, 0.1) is 11.3 Å². The van der Waals surface area contributed by atoms with Gasteiger partial charge in [0.2, 0.25) is 0 Å². The fraction of sp³-hybridized carbons (Fsp3) is 0.727. The molecule has 2 amide bonds. The summed E-state index contributed by atoms with van der Waals surface area (Å²) in [5, 5.41) is 11.8. The van der Waals surface area contributed by atoms with Gasteiger partial charge >= 0.3 is 0 Å². The smallest absolute Gasteiger partial charge is 0.261 e. The summed E-state index contributed by atoms with van der Waals surface area (Å²) < 4.78 is 16.5. The zero-order valence-corrected chi connectivity index (χ0v) is 31.7. The van der Waals surface area contributed by atoms with E-state index in [9.17, 15) is 9.59 Å². The van der Waals surface area contributed by atoms with Crippen molar-refractivity contribution < 1.29 is 26.7 Å². The molecule has 12 heteroatoms. The highest BCUT2D eigenvalue weighted by Crippen LogP contribution is 2.36. The topological polar surface area (TPSA) is 113 Å². The van der Waals surface area contributed by atoms with E-state index in [0.29, 0.717) is 37.3 Å². The molecule has 3 rings (SSSR count). The standard InChI is InChI=1S/C25H35IN3O6P.C4H11N.2C2H6/c26-35-32-18-8-13-25(34-36-33-19-9-14-27)12-7-16-28(20-25)15-5-1-2-6-17-29-23(30)21-10-3-4-11-22(21)24(29)31;1-3-5-4-2;2*1-2/h3-4,10-11,36H,1-2,5-9,12-13,15-20H2;5H,3-4H2,1-2H3;2*1-2H3. The molecule has 0 aromatic heterocycles. The summed E-state index contributed by atoms with van der Waals surface area (Å²) in [7, 11) is -0.0768. The van der Waals surface area contributed by atoms with Gasteiger partial charge in [0.15, 0.2) is 32.0 Å². The highest BCUT2D eigenvalue weighted by molar-refractivity contribution is 14.1. The highest BCUT2D eigenvalue weighted by atomic mass is 127. The lowest BCUT2D eigenvalue weighted by Gasteiger charge is -2.42. The molecule has 258 valence electrons. The van der Waals surface area contributed by atoms with E-state index in [1.54, 1.807) is 47.3 Å². The van der Waals surface area contributed by atoms with Crippen molar-refractivity contribution >= 4 is 43.9 Å². The number of carbonyl (C=O) groups is 2. The monoisotopic (exact) mass is 764 g/mol. The number of halogens is 1. The van der Waals surface area contributed by atoms with Crippen molar-refractivity contribution in [2.24, 2.45) is 0 Å². The van der Waals surface area contributed by atoms with Crippen molar-refractivity contribution in [1.82, 2.24) is 15.1 Å². The molecule has 2 unspecified atom stereocenters. The van der Waals surface area contributed by atoms with Crippen LogP contribution < -0.4 is 5.32 Å². The van der Waals surface area contributed by atoms with Crippen molar-refractivity contribution in [3.8, 4) is 6.07 Å². The number of imide groups is 1. The first-order valence-corrected chi connectivity index (χ1v) is 18.4. The van der Waals surface area contributed by atoms with E-state index in [4.69, 9.17) is 19.2 Å². The average molecular weight is 765 g/mol. The average Bonchev–Trinajstić information content (AvgIpc) is 3.32. The van der Waals surface area contributed by atoms with Gasteiger partial charge < -0.3 is 19.3 Å². The molecule has 0 bridgehead atoms. The number of nitriles is 1. The minimum absolute atomic E-state index is 0.0768. The van der Waals surface area contributed by atoms with Crippen LogP contribution in [0.5, 0.6) is 0 Å². The highest BCUT2D eigenvalue weighted by Gasteiger charge is 2.37. The lowest BCUT2D eigenvalue weighted by atomic mass is 9.88. The number of amides is 2. The maximum absolute atomic E-state index is 12.5. The van der Waals surface area contributed by atoms with Crippen molar-refractivity contribution in [3.63, 3.8) is 0 Å².